The van der Waals surface area contributed by atoms with E-state index in [9.17, 15) is 18.0 Å². The van der Waals surface area contributed by atoms with Gasteiger partial charge in [0.2, 0.25) is 21.8 Å². The van der Waals surface area contributed by atoms with Crippen LogP contribution in [0.4, 0.5) is 0 Å². The minimum Gasteiger partial charge on any atom is -0.346 e. The van der Waals surface area contributed by atoms with Crippen LogP contribution in [0, 0.1) is 6.92 Å². The molecule has 5 aromatic carbocycles. The minimum absolute atomic E-state index is 0.00658. The van der Waals surface area contributed by atoms with Crippen molar-refractivity contribution >= 4 is 45.0 Å². The Morgan fingerprint density at radius 2 is 1.29 bits per heavy atom. The third kappa shape index (κ3) is 11.6. The highest BCUT2D eigenvalue weighted by Crippen LogP contribution is 2.42. The molecule has 0 aliphatic carbocycles. The molecule has 0 radical (unpaired) electrons. The van der Waals surface area contributed by atoms with Gasteiger partial charge in [-0.15, -0.1) is 0 Å². The Morgan fingerprint density at radius 3 is 1.89 bits per heavy atom. The van der Waals surface area contributed by atoms with E-state index in [-0.39, 0.29) is 28.9 Å². The largest absolute Gasteiger partial charge is 0.346 e. The number of hydrogen-bond donors (Lipinski definition) is 1. The first-order chi connectivity index (χ1) is 31.6. The number of imidazole rings is 1. The van der Waals surface area contributed by atoms with Crippen LogP contribution in [0.5, 0.6) is 0 Å². The predicted octanol–water partition coefficient (Wildman–Crippen LogP) is 9.03. The number of hydrogen-bond acceptors (Lipinski definition) is 6. The molecule has 0 saturated carbocycles. The molecule has 1 aliphatic rings. The van der Waals surface area contributed by atoms with E-state index >= 15 is 0 Å². The number of unbranched alkanes of at least 4 members (excludes halogenated alkanes) is 1. The van der Waals surface area contributed by atoms with Gasteiger partial charge >= 0.3 is 0 Å². The first kappa shape index (κ1) is 47.7. The van der Waals surface area contributed by atoms with Gasteiger partial charge in [0.1, 0.15) is 10.4 Å². The lowest BCUT2D eigenvalue weighted by Gasteiger charge is -2.38. The van der Waals surface area contributed by atoms with Gasteiger partial charge in [0.25, 0.3) is 0 Å². The lowest BCUT2D eigenvalue weighted by Crippen LogP contribution is -2.46. The van der Waals surface area contributed by atoms with E-state index < -0.39 is 28.0 Å². The van der Waals surface area contributed by atoms with Crippen LogP contribution >= 0.6 is 23.2 Å². The van der Waals surface area contributed by atoms with E-state index in [1.807, 2.05) is 66.0 Å². The highest BCUT2D eigenvalue weighted by Gasteiger charge is 2.39. The van der Waals surface area contributed by atoms with Gasteiger partial charge in [-0.25, -0.2) is 13.4 Å². The summed E-state index contributed by atoms with van der Waals surface area (Å²) in [6.45, 7) is 5.12. The van der Waals surface area contributed by atoms with Gasteiger partial charge in [0.15, 0.2) is 0 Å². The topological polar surface area (TPSA) is 108 Å². The quantitative estimate of drug-likeness (QED) is 0.0538. The Labute approximate surface area is 394 Å². The summed E-state index contributed by atoms with van der Waals surface area (Å²) in [5, 5.41) is 3.11. The number of carbonyl (C=O) groups excluding carboxylic acids is 2. The van der Waals surface area contributed by atoms with Gasteiger partial charge in [0, 0.05) is 36.5 Å². The zero-order valence-electron chi connectivity index (χ0n) is 37.0. The third-order valence-corrected chi connectivity index (χ3v) is 15.3. The van der Waals surface area contributed by atoms with Crippen molar-refractivity contribution in [3.63, 3.8) is 0 Å². The highest BCUT2D eigenvalue weighted by molar-refractivity contribution is 7.89. The van der Waals surface area contributed by atoms with Gasteiger partial charge < -0.3 is 19.7 Å². The first-order valence-electron chi connectivity index (χ1n) is 22.5. The van der Waals surface area contributed by atoms with Gasteiger partial charge in [-0.3, -0.25) is 9.59 Å². The number of amides is 2. The summed E-state index contributed by atoms with van der Waals surface area (Å²) < 4.78 is 31.7. The third-order valence-electron chi connectivity index (χ3n) is 12.4. The van der Waals surface area contributed by atoms with Crippen molar-refractivity contribution in [2.24, 2.45) is 0 Å². The molecule has 7 rings (SSSR count). The van der Waals surface area contributed by atoms with Crippen LogP contribution in [0.1, 0.15) is 65.6 Å². The second-order valence-electron chi connectivity index (χ2n) is 16.6. The van der Waals surface area contributed by atoms with Crippen LogP contribution in [0.2, 0.25) is 10.0 Å². The molecule has 1 fully saturated rings. The van der Waals surface area contributed by atoms with Crippen molar-refractivity contribution in [3.8, 4) is 0 Å². The number of halogens is 2. The van der Waals surface area contributed by atoms with Crippen molar-refractivity contribution in [2.45, 2.75) is 62.3 Å². The van der Waals surface area contributed by atoms with Crippen molar-refractivity contribution in [1.29, 1.82) is 0 Å². The van der Waals surface area contributed by atoms with E-state index in [0.29, 0.717) is 42.9 Å². The summed E-state index contributed by atoms with van der Waals surface area (Å²) in [5.74, 6) is -0.816. The zero-order valence-corrected chi connectivity index (χ0v) is 39.3. The van der Waals surface area contributed by atoms with Crippen LogP contribution in [-0.4, -0.2) is 96.2 Å². The summed E-state index contributed by atoms with van der Waals surface area (Å²) >= 11 is 12.8. The smallest absolute Gasteiger partial charge is 0.245 e. The maximum absolute atomic E-state index is 14.1. The standard InChI is InChI=1S/C52H58Cl2N6O4S/c1-41-47(53)28-29-48(51(41)54)65(63,64)59(36-30-42-19-6-2-7-20-42)39-49(61)56-38-50(62)58(34-17-16-33-57-31-14-15-32-57)35-18-27-46-37-55-40-60(46)52(43-21-8-3-9-22-43,44-23-10-4-11-24-44)45-25-12-5-13-26-45/h2-13,19-26,28-29,37,40H,14-18,27,30-36,38-39H2,1H3,(H,56,61). The van der Waals surface area contributed by atoms with E-state index in [0.717, 1.165) is 64.7 Å². The fourth-order valence-electron chi connectivity index (χ4n) is 8.88. The Morgan fingerprint density at radius 1 is 0.723 bits per heavy atom. The molecule has 1 N–H and O–H groups in total. The molecule has 6 aromatic rings. The fourth-order valence-corrected chi connectivity index (χ4v) is 11.1. The molecule has 1 aromatic heterocycles. The Bertz CT molecular complexity index is 2480. The Kier molecular flexibility index (Phi) is 16.7. The molecular formula is C52H58Cl2N6O4S. The van der Waals surface area contributed by atoms with E-state index in [4.69, 9.17) is 28.2 Å². The number of nitrogens with zero attached hydrogens (tertiary/aromatic N) is 5. The van der Waals surface area contributed by atoms with Crippen molar-refractivity contribution in [2.75, 3.05) is 52.4 Å². The molecule has 2 amide bonds. The second-order valence-corrected chi connectivity index (χ2v) is 19.3. The molecule has 10 nitrogen and oxygen atoms in total. The number of aryl methyl sites for hydroxylation is 1. The van der Waals surface area contributed by atoms with Crippen LogP contribution in [0.15, 0.2) is 151 Å². The monoisotopic (exact) mass is 932 g/mol. The number of benzene rings is 5. The normalized spacial score (nSPS) is 13.3. The second kappa shape index (κ2) is 22.7. The van der Waals surface area contributed by atoms with Crippen molar-refractivity contribution in [1.82, 2.24) is 29.0 Å². The van der Waals surface area contributed by atoms with E-state index in [2.05, 4.69) is 87.6 Å². The van der Waals surface area contributed by atoms with Crippen LogP contribution in [-0.2, 0) is 38.0 Å². The molecule has 0 spiro atoms. The maximum Gasteiger partial charge on any atom is 0.245 e. The SMILES string of the molecule is Cc1c(Cl)ccc(S(=O)(=O)N(CCc2ccccc2)CC(=O)NCC(=O)N(CCCCN2CCCC2)CCCc2cncn2C(c2ccccc2)(c2ccccc2)c2ccccc2)c1Cl. The van der Waals surface area contributed by atoms with Crippen LogP contribution in [0.25, 0.3) is 0 Å². The average Bonchev–Trinajstić information content (AvgIpc) is 4.04. The van der Waals surface area contributed by atoms with Crippen molar-refractivity contribution in [3.05, 3.63) is 190 Å². The van der Waals surface area contributed by atoms with Gasteiger partial charge in [-0.2, -0.15) is 4.31 Å². The van der Waals surface area contributed by atoms with Crippen LogP contribution in [0.3, 0.4) is 0 Å². The van der Waals surface area contributed by atoms with Gasteiger partial charge in [-0.1, -0.05) is 145 Å². The highest BCUT2D eigenvalue weighted by atomic mass is 35.5. The molecule has 1 aliphatic heterocycles. The molecule has 65 heavy (non-hydrogen) atoms. The summed E-state index contributed by atoms with van der Waals surface area (Å²) in [4.78, 5) is 36.7. The van der Waals surface area contributed by atoms with Crippen molar-refractivity contribution < 1.29 is 18.0 Å². The number of carbonyl (C=O) groups is 2. The molecule has 13 heteroatoms. The molecule has 1 saturated heterocycles. The number of nitrogens with one attached hydrogen (secondary N) is 1. The number of likely N-dealkylation sites (tertiary alicyclic amines) is 1. The molecule has 2 heterocycles. The maximum atomic E-state index is 14.1. The predicted molar refractivity (Wildman–Crippen MR) is 260 cm³/mol. The molecule has 0 unspecified atom stereocenters. The minimum atomic E-state index is -4.24. The number of aromatic nitrogens is 2. The Hall–Kier alpha value is -5.30. The van der Waals surface area contributed by atoms with Gasteiger partial charge in [0.05, 0.1) is 24.4 Å². The summed E-state index contributed by atoms with van der Waals surface area (Å²) in [6, 6.07) is 43.7. The van der Waals surface area contributed by atoms with E-state index in [1.165, 1.54) is 25.0 Å². The van der Waals surface area contributed by atoms with Gasteiger partial charge in [-0.05, 0) is 111 Å². The first-order valence-corrected chi connectivity index (χ1v) is 24.7. The zero-order chi connectivity index (χ0) is 45.7. The molecule has 0 atom stereocenters. The number of rotatable bonds is 22. The molecule has 340 valence electrons. The lowest BCUT2D eigenvalue weighted by atomic mass is 9.76. The van der Waals surface area contributed by atoms with Crippen LogP contribution < -0.4 is 5.32 Å². The lowest BCUT2D eigenvalue weighted by molar-refractivity contribution is -0.133. The average molecular weight is 934 g/mol. The number of sulfonamides is 1. The van der Waals surface area contributed by atoms with E-state index in [1.54, 1.807) is 6.92 Å². The summed E-state index contributed by atoms with van der Waals surface area (Å²) in [7, 11) is -4.24. The summed E-state index contributed by atoms with van der Waals surface area (Å²) in [5.41, 5.74) is 4.94. The summed E-state index contributed by atoms with van der Waals surface area (Å²) in [6.07, 6.45) is 9.70. The molecule has 0 bridgehead atoms. The Balaban J connectivity index is 1.08. The molecular weight excluding hydrogens is 876 g/mol. The fraction of sp³-hybridized carbons (Fsp3) is 0.327.